The average Bonchev–Trinajstić information content (AvgIpc) is 2.39. The van der Waals surface area contributed by atoms with Gasteiger partial charge in [-0.15, -0.1) is 0 Å². The maximum absolute atomic E-state index is 9.42. The molecule has 0 fully saturated rings. The summed E-state index contributed by atoms with van der Waals surface area (Å²) in [6, 6.07) is 8.91. The van der Waals surface area contributed by atoms with Gasteiger partial charge in [-0.1, -0.05) is 17.7 Å². The van der Waals surface area contributed by atoms with Gasteiger partial charge in [0.15, 0.2) is 0 Å². The van der Waals surface area contributed by atoms with Gasteiger partial charge in [0, 0.05) is 11.8 Å². The first-order valence-electron chi connectivity index (χ1n) is 5.82. The molecule has 92 valence electrons. The van der Waals surface area contributed by atoms with Crippen LogP contribution in [0.4, 0.5) is 0 Å². The van der Waals surface area contributed by atoms with Crippen molar-refractivity contribution in [1.29, 1.82) is 0 Å². The van der Waals surface area contributed by atoms with E-state index in [-0.39, 0.29) is 11.9 Å². The third kappa shape index (κ3) is 2.14. The molecule has 1 atom stereocenters. The number of hydrogen-bond acceptors (Lipinski definition) is 3. The molecule has 1 N–H and O–H groups in total. The Kier molecular flexibility index (Phi) is 2.84. The monoisotopic (exact) mass is 261 g/mol. The second-order valence-corrected chi connectivity index (χ2v) is 4.74. The summed E-state index contributed by atoms with van der Waals surface area (Å²) >= 11 is 5.77. The molecule has 2 heterocycles. The molecule has 1 aliphatic heterocycles. The minimum Gasteiger partial charge on any atom is -0.508 e. The number of phenols is 1. The Morgan fingerprint density at radius 2 is 2.17 bits per heavy atom. The summed E-state index contributed by atoms with van der Waals surface area (Å²) in [7, 11) is 0. The zero-order valence-corrected chi connectivity index (χ0v) is 10.4. The molecular formula is C14H12ClNO2. The van der Waals surface area contributed by atoms with E-state index in [0.29, 0.717) is 5.15 Å². The first-order chi connectivity index (χ1) is 8.72. The van der Waals surface area contributed by atoms with Crippen LogP contribution in [0.1, 0.15) is 23.7 Å². The van der Waals surface area contributed by atoms with E-state index >= 15 is 0 Å². The van der Waals surface area contributed by atoms with Crippen molar-refractivity contribution < 1.29 is 9.84 Å². The van der Waals surface area contributed by atoms with Gasteiger partial charge in [0.1, 0.15) is 22.8 Å². The van der Waals surface area contributed by atoms with Crippen molar-refractivity contribution in [1.82, 2.24) is 4.98 Å². The fraction of sp³-hybridized carbons (Fsp3) is 0.214. The summed E-state index contributed by atoms with van der Waals surface area (Å²) in [5.74, 6) is 1.11. The summed E-state index contributed by atoms with van der Waals surface area (Å²) in [5.41, 5.74) is 2.08. The topological polar surface area (TPSA) is 42.4 Å². The number of phenolic OH excluding ortho intramolecular Hbond substituents is 1. The van der Waals surface area contributed by atoms with Crippen LogP contribution in [0, 0.1) is 0 Å². The van der Waals surface area contributed by atoms with Gasteiger partial charge in [0.05, 0.1) is 0 Å². The molecule has 0 saturated carbocycles. The molecule has 1 unspecified atom stereocenters. The van der Waals surface area contributed by atoms with Crippen LogP contribution in [0.3, 0.4) is 0 Å². The first kappa shape index (κ1) is 11.4. The number of aromatic hydroxyl groups is 1. The van der Waals surface area contributed by atoms with Crippen LogP contribution in [0.5, 0.6) is 11.5 Å². The van der Waals surface area contributed by atoms with E-state index in [4.69, 9.17) is 16.3 Å². The minimum absolute atomic E-state index is 0.00631. The van der Waals surface area contributed by atoms with Crippen LogP contribution in [0.2, 0.25) is 5.15 Å². The van der Waals surface area contributed by atoms with Gasteiger partial charge in [-0.25, -0.2) is 4.98 Å². The Hall–Kier alpha value is -1.74. The predicted molar refractivity (Wildman–Crippen MR) is 69.0 cm³/mol. The Bertz CT molecular complexity index is 569. The Labute approximate surface area is 110 Å². The zero-order chi connectivity index (χ0) is 12.5. The number of nitrogens with zero attached hydrogens (tertiary/aromatic N) is 1. The maximum Gasteiger partial charge on any atom is 0.129 e. The Morgan fingerprint density at radius 3 is 2.94 bits per heavy atom. The molecule has 0 aliphatic carbocycles. The fourth-order valence-electron chi connectivity index (χ4n) is 2.19. The van der Waals surface area contributed by atoms with Gasteiger partial charge in [-0.3, -0.25) is 0 Å². The third-order valence-electron chi connectivity index (χ3n) is 3.11. The van der Waals surface area contributed by atoms with E-state index < -0.39 is 0 Å². The zero-order valence-electron chi connectivity index (χ0n) is 9.64. The van der Waals surface area contributed by atoms with Crippen LogP contribution in [-0.2, 0) is 6.42 Å². The Balaban J connectivity index is 1.86. The van der Waals surface area contributed by atoms with E-state index in [9.17, 15) is 5.11 Å². The van der Waals surface area contributed by atoms with Crippen molar-refractivity contribution >= 4 is 11.6 Å². The van der Waals surface area contributed by atoms with Gasteiger partial charge in [-0.2, -0.15) is 0 Å². The van der Waals surface area contributed by atoms with Gasteiger partial charge >= 0.3 is 0 Å². The van der Waals surface area contributed by atoms with E-state index in [1.54, 1.807) is 30.5 Å². The molecule has 4 heteroatoms. The van der Waals surface area contributed by atoms with Crippen molar-refractivity contribution in [3.63, 3.8) is 0 Å². The number of aryl methyl sites for hydroxylation is 1. The number of benzene rings is 1. The fourth-order valence-corrected chi connectivity index (χ4v) is 2.30. The highest BCUT2D eigenvalue weighted by Gasteiger charge is 2.21. The van der Waals surface area contributed by atoms with Gasteiger partial charge < -0.3 is 9.84 Å². The Morgan fingerprint density at radius 1 is 1.28 bits per heavy atom. The average molecular weight is 262 g/mol. The molecule has 1 aromatic heterocycles. The second kappa shape index (κ2) is 4.50. The lowest BCUT2D eigenvalue weighted by molar-refractivity contribution is 0.176. The molecule has 0 bridgehead atoms. The summed E-state index contributed by atoms with van der Waals surface area (Å²) in [6.07, 6.45) is 3.52. The molecule has 18 heavy (non-hydrogen) atoms. The minimum atomic E-state index is 0.00631. The summed E-state index contributed by atoms with van der Waals surface area (Å²) in [5, 5.41) is 9.91. The number of aromatic nitrogens is 1. The highest BCUT2D eigenvalue weighted by atomic mass is 35.5. The molecule has 0 saturated heterocycles. The van der Waals surface area contributed by atoms with Gasteiger partial charge in [0.25, 0.3) is 0 Å². The maximum atomic E-state index is 9.42. The molecule has 1 aliphatic rings. The predicted octanol–water partition coefficient (Wildman–Crippen LogP) is 3.51. The molecule has 3 rings (SSSR count). The van der Waals surface area contributed by atoms with E-state index in [0.717, 1.165) is 29.7 Å². The highest BCUT2D eigenvalue weighted by molar-refractivity contribution is 6.29. The molecule has 0 amide bonds. The number of halogens is 1. The van der Waals surface area contributed by atoms with Crippen LogP contribution in [0.25, 0.3) is 0 Å². The van der Waals surface area contributed by atoms with Crippen molar-refractivity contribution in [2.24, 2.45) is 0 Å². The SMILES string of the molecule is Oc1ccc2c(c1)CCC(c1ccc(Cl)nc1)O2. The number of hydrogen-bond donors (Lipinski definition) is 1. The largest absolute Gasteiger partial charge is 0.508 e. The highest BCUT2D eigenvalue weighted by Crippen LogP contribution is 2.36. The summed E-state index contributed by atoms with van der Waals surface area (Å²) < 4.78 is 5.92. The van der Waals surface area contributed by atoms with Crippen LogP contribution < -0.4 is 4.74 Å². The lowest BCUT2D eigenvalue weighted by atomic mass is 9.98. The molecular weight excluding hydrogens is 250 g/mol. The number of pyridine rings is 1. The molecule has 0 spiro atoms. The molecule has 3 nitrogen and oxygen atoms in total. The van der Waals surface area contributed by atoms with Crippen molar-refractivity contribution in [2.75, 3.05) is 0 Å². The molecule has 2 aromatic rings. The van der Waals surface area contributed by atoms with Gasteiger partial charge in [-0.05, 0) is 42.7 Å². The van der Waals surface area contributed by atoms with Crippen molar-refractivity contribution in [3.8, 4) is 11.5 Å². The quantitative estimate of drug-likeness (QED) is 0.799. The number of rotatable bonds is 1. The summed E-state index contributed by atoms with van der Waals surface area (Å²) in [4.78, 5) is 4.07. The molecule has 0 radical (unpaired) electrons. The number of ether oxygens (including phenoxy) is 1. The third-order valence-corrected chi connectivity index (χ3v) is 3.33. The van der Waals surface area contributed by atoms with Crippen LogP contribution >= 0.6 is 11.6 Å². The summed E-state index contributed by atoms with van der Waals surface area (Å²) in [6.45, 7) is 0. The van der Waals surface area contributed by atoms with E-state index in [1.165, 1.54) is 0 Å². The smallest absolute Gasteiger partial charge is 0.129 e. The van der Waals surface area contributed by atoms with E-state index in [2.05, 4.69) is 4.98 Å². The lowest BCUT2D eigenvalue weighted by Gasteiger charge is -2.26. The van der Waals surface area contributed by atoms with Crippen LogP contribution in [-0.4, -0.2) is 10.1 Å². The van der Waals surface area contributed by atoms with E-state index in [1.807, 2.05) is 6.07 Å². The van der Waals surface area contributed by atoms with Crippen LogP contribution in [0.15, 0.2) is 36.5 Å². The standard InChI is InChI=1S/C14H12ClNO2/c15-14-6-2-10(8-16-14)13-4-1-9-7-11(17)3-5-12(9)18-13/h2-3,5-8,13,17H,1,4H2. The number of fused-ring (bicyclic) bond motifs is 1. The lowest BCUT2D eigenvalue weighted by Crippen LogP contribution is -2.15. The van der Waals surface area contributed by atoms with Crippen molar-refractivity contribution in [3.05, 3.63) is 52.8 Å². The second-order valence-electron chi connectivity index (χ2n) is 4.35. The molecule has 1 aromatic carbocycles. The van der Waals surface area contributed by atoms with Crippen molar-refractivity contribution in [2.45, 2.75) is 18.9 Å². The normalized spacial score (nSPS) is 17.9. The van der Waals surface area contributed by atoms with Gasteiger partial charge in [0.2, 0.25) is 0 Å². The first-order valence-corrected chi connectivity index (χ1v) is 6.20.